The molecule has 0 amide bonds. The van der Waals surface area contributed by atoms with E-state index in [1.54, 1.807) is 0 Å². The fraction of sp³-hybridized carbons (Fsp3) is 0.800. The maximum absolute atomic E-state index is 5.02. The van der Waals surface area contributed by atoms with E-state index in [1.807, 2.05) is 0 Å². The molecule has 0 aromatic rings. The molecule has 0 atom stereocenters. The Labute approximate surface area is 38.7 Å². The second-order valence-corrected chi connectivity index (χ2v) is 1.85. The van der Waals surface area contributed by atoms with E-state index in [2.05, 4.69) is 5.32 Å². The number of hydrogen-bond donors (Lipinski definition) is 1. The predicted molar refractivity (Wildman–Crippen MR) is 25.0 cm³/mol. The fourth-order valence-electron chi connectivity index (χ4n) is 0.489. The second kappa shape index (κ2) is 1.61. The van der Waals surface area contributed by atoms with Crippen LogP contribution in [0.1, 0.15) is 12.8 Å². The van der Waals surface area contributed by atoms with Crippen molar-refractivity contribution < 1.29 is 0 Å². The standard InChI is InChI=1S/C5H9N/c1-6-4-5-2-3-5/h1,5-6H,2-4H2. The first-order chi connectivity index (χ1) is 2.93. The van der Waals surface area contributed by atoms with E-state index in [-0.39, 0.29) is 0 Å². The smallest absolute Gasteiger partial charge is 0.0407 e. The molecule has 34 valence electrons. The van der Waals surface area contributed by atoms with Crippen LogP contribution >= 0.6 is 0 Å². The van der Waals surface area contributed by atoms with Crippen LogP contribution in [-0.2, 0) is 0 Å². The Bertz CT molecular complexity index is 39.2. The number of hydrogen-bond acceptors (Lipinski definition) is 1. The lowest BCUT2D eigenvalue weighted by Crippen LogP contribution is -2.05. The van der Waals surface area contributed by atoms with Gasteiger partial charge in [-0.15, -0.1) is 0 Å². The molecule has 0 unspecified atom stereocenters. The molecule has 0 aliphatic heterocycles. The lowest BCUT2D eigenvalue weighted by atomic mass is 10.4. The van der Waals surface area contributed by atoms with Gasteiger partial charge in [-0.2, -0.15) is 0 Å². The average molecular weight is 83.1 g/mol. The van der Waals surface area contributed by atoms with E-state index in [0.29, 0.717) is 0 Å². The van der Waals surface area contributed by atoms with E-state index in [4.69, 9.17) is 7.05 Å². The molecule has 0 aromatic heterocycles. The molecule has 1 N–H and O–H groups in total. The Hall–Kier alpha value is -0.0400. The zero-order valence-corrected chi connectivity index (χ0v) is 3.78. The van der Waals surface area contributed by atoms with Crippen molar-refractivity contribution in [1.82, 2.24) is 5.32 Å². The first-order valence-electron chi connectivity index (χ1n) is 2.37. The molecule has 2 radical (unpaired) electrons. The summed E-state index contributed by atoms with van der Waals surface area (Å²) in [4.78, 5) is 0. The van der Waals surface area contributed by atoms with Crippen molar-refractivity contribution in [2.45, 2.75) is 12.8 Å². The van der Waals surface area contributed by atoms with Gasteiger partial charge in [0.2, 0.25) is 0 Å². The summed E-state index contributed by atoms with van der Waals surface area (Å²) in [6.07, 6.45) is 2.76. The van der Waals surface area contributed by atoms with Crippen molar-refractivity contribution in [2.24, 2.45) is 5.92 Å². The molecule has 1 fully saturated rings. The van der Waals surface area contributed by atoms with Gasteiger partial charge in [-0.25, -0.2) is 0 Å². The van der Waals surface area contributed by atoms with Crippen molar-refractivity contribution in [3.8, 4) is 0 Å². The zero-order chi connectivity index (χ0) is 4.41. The summed E-state index contributed by atoms with van der Waals surface area (Å²) in [7, 11) is 5.02. The third-order valence-corrected chi connectivity index (χ3v) is 1.10. The summed E-state index contributed by atoms with van der Waals surface area (Å²) in [5, 5.41) is 2.63. The Morgan fingerprint density at radius 3 is 2.50 bits per heavy atom. The van der Waals surface area contributed by atoms with Crippen molar-refractivity contribution in [3.63, 3.8) is 0 Å². The van der Waals surface area contributed by atoms with Gasteiger partial charge in [0.15, 0.2) is 0 Å². The van der Waals surface area contributed by atoms with Crippen molar-refractivity contribution in [2.75, 3.05) is 6.54 Å². The lowest BCUT2D eigenvalue weighted by Gasteiger charge is -1.86. The Balaban J connectivity index is 1.88. The van der Waals surface area contributed by atoms with Crippen LogP contribution in [0.2, 0.25) is 0 Å². The van der Waals surface area contributed by atoms with Crippen LogP contribution < -0.4 is 5.32 Å². The van der Waals surface area contributed by atoms with E-state index < -0.39 is 0 Å². The van der Waals surface area contributed by atoms with Gasteiger partial charge in [0.05, 0.1) is 0 Å². The van der Waals surface area contributed by atoms with Gasteiger partial charge in [-0.1, -0.05) is 0 Å². The molecule has 1 nitrogen and oxygen atoms in total. The monoisotopic (exact) mass is 83.1 g/mol. The topological polar surface area (TPSA) is 12.0 Å². The third-order valence-electron chi connectivity index (χ3n) is 1.10. The van der Waals surface area contributed by atoms with Crippen LogP contribution in [0.3, 0.4) is 0 Å². The lowest BCUT2D eigenvalue weighted by molar-refractivity contribution is 0.745. The van der Waals surface area contributed by atoms with Crippen molar-refractivity contribution in [3.05, 3.63) is 7.05 Å². The van der Waals surface area contributed by atoms with Gasteiger partial charge in [0.1, 0.15) is 0 Å². The maximum Gasteiger partial charge on any atom is 0.0407 e. The van der Waals surface area contributed by atoms with Gasteiger partial charge in [0.25, 0.3) is 0 Å². The number of rotatable bonds is 2. The second-order valence-electron chi connectivity index (χ2n) is 1.85. The third kappa shape index (κ3) is 0.977. The highest BCUT2D eigenvalue weighted by Gasteiger charge is 2.19. The highest BCUT2D eigenvalue weighted by molar-refractivity contribution is 4.74. The highest BCUT2D eigenvalue weighted by Crippen LogP contribution is 2.27. The first-order valence-corrected chi connectivity index (χ1v) is 2.37. The molecule has 0 bridgehead atoms. The molecule has 0 aromatic carbocycles. The van der Waals surface area contributed by atoms with Crippen LogP contribution in [0.25, 0.3) is 0 Å². The molecule has 1 aliphatic carbocycles. The van der Waals surface area contributed by atoms with Crippen LogP contribution in [-0.4, -0.2) is 6.54 Å². The summed E-state index contributed by atoms with van der Waals surface area (Å²) in [6.45, 7) is 1.01. The SMILES string of the molecule is [CH]NCC1CC1. The van der Waals surface area contributed by atoms with Crippen molar-refractivity contribution in [1.29, 1.82) is 0 Å². The zero-order valence-electron chi connectivity index (χ0n) is 3.78. The minimum absolute atomic E-state index is 0.912. The van der Waals surface area contributed by atoms with Crippen molar-refractivity contribution >= 4 is 0 Å². The van der Waals surface area contributed by atoms with Gasteiger partial charge in [-0.3, -0.25) is 0 Å². The molecular formula is C5H9N. The van der Waals surface area contributed by atoms with Crippen LogP contribution in [0.5, 0.6) is 0 Å². The molecule has 0 heterocycles. The average Bonchev–Trinajstić information content (AvgIpc) is 2.21. The Morgan fingerprint density at radius 1 is 1.67 bits per heavy atom. The van der Waals surface area contributed by atoms with Gasteiger partial charge >= 0.3 is 0 Å². The van der Waals surface area contributed by atoms with Gasteiger partial charge < -0.3 is 5.32 Å². The minimum Gasteiger partial charge on any atom is -0.311 e. The summed E-state index contributed by atoms with van der Waals surface area (Å²) in [5.41, 5.74) is 0. The summed E-state index contributed by atoms with van der Waals surface area (Å²) >= 11 is 0. The molecule has 0 spiro atoms. The van der Waals surface area contributed by atoms with Crippen LogP contribution in [0.15, 0.2) is 0 Å². The maximum atomic E-state index is 5.02. The number of nitrogens with one attached hydrogen (secondary N) is 1. The van der Waals surface area contributed by atoms with E-state index >= 15 is 0 Å². The molecule has 1 heteroatoms. The van der Waals surface area contributed by atoms with Crippen LogP contribution in [0.4, 0.5) is 0 Å². The molecule has 1 saturated carbocycles. The molecule has 0 saturated heterocycles. The minimum atomic E-state index is 0.912. The van der Waals surface area contributed by atoms with E-state index in [9.17, 15) is 0 Å². The quantitative estimate of drug-likeness (QED) is 0.483. The summed E-state index contributed by atoms with van der Waals surface area (Å²) in [6, 6.07) is 0. The fourth-order valence-corrected chi connectivity index (χ4v) is 0.489. The van der Waals surface area contributed by atoms with Gasteiger partial charge in [0, 0.05) is 7.05 Å². The molecular weight excluding hydrogens is 74.1 g/mol. The molecule has 6 heavy (non-hydrogen) atoms. The van der Waals surface area contributed by atoms with Crippen LogP contribution in [0, 0.1) is 13.0 Å². The van der Waals surface area contributed by atoms with E-state index in [0.717, 1.165) is 12.5 Å². The Kier molecular flexibility index (Phi) is 1.10. The molecule has 1 rings (SSSR count). The van der Waals surface area contributed by atoms with Gasteiger partial charge in [-0.05, 0) is 25.3 Å². The summed E-state index contributed by atoms with van der Waals surface area (Å²) in [5.74, 6) is 0.912. The molecule has 1 aliphatic rings. The highest BCUT2D eigenvalue weighted by atomic mass is 14.8. The predicted octanol–water partition coefficient (Wildman–Crippen LogP) is 0.655. The Morgan fingerprint density at radius 2 is 2.33 bits per heavy atom. The summed E-state index contributed by atoms with van der Waals surface area (Å²) < 4.78 is 0. The largest absolute Gasteiger partial charge is 0.311 e. The normalized spacial score (nSPS) is 21.5. The first kappa shape index (κ1) is 4.13. The van der Waals surface area contributed by atoms with E-state index in [1.165, 1.54) is 12.8 Å².